The van der Waals surface area contributed by atoms with Crippen LogP contribution in [0.4, 0.5) is 0 Å². The lowest BCUT2D eigenvalue weighted by molar-refractivity contribution is -0.142. The standard InChI is InChI=1S/C14H25N3O3/c1-11(2)6-13(14(18)19)9-15-7-12-8-16-17(10-12)4-5-20-3/h8,10-11,13,15H,4-7,9H2,1-3H3,(H,18,19). The zero-order chi connectivity index (χ0) is 15.0. The fourth-order valence-corrected chi connectivity index (χ4v) is 2.04. The smallest absolute Gasteiger partial charge is 0.307 e. The van der Waals surface area contributed by atoms with E-state index in [1.807, 2.05) is 24.7 Å². The lowest BCUT2D eigenvalue weighted by Crippen LogP contribution is -2.29. The van der Waals surface area contributed by atoms with Crippen molar-refractivity contribution in [3.8, 4) is 0 Å². The third kappa shape index (κ3) is 6.16. The zero-order valence-corrected chi connectivity index (χ0v) is 12.5. The molecule has 0 aliphatic rings. The molecule has 0 radical (unpaired) electrons. The summed E-state index contributed by atoms with van der Waals surface area (Å²) >= 11 is 0. The van der Waals surface area contributed by atoms with Crippen molar-refractivity contribution >= 4 is 5.97 Å². The van der Waals surface area contributed by atoms with Gasteiger partial charge in [-0.15, -0.1) is 0 Å². The monoisotopic (exact) mass is 283 g/mol. The Morgan fingerprint density at radius 3 is 2.90 bits per heavy atom. The maximum atomic E-state index is 11.1. The molecule has 1 aromatic heterocycles. The number of carboxylic acid groups (broad SMARTS) is 1. The minimum Gasteiger partial charge on any atom is -0.481 e. The van der Waals surface area contributed by atoms with E-state index in [9.17, 15) is 4.79 Å². The van der Waals surface area contributed by atoms with E-state index in [1.165, 1.54) is 0 Å². The first-order chi connectivity index (χ1) is 9.52. The molecule has 1 rings (SSSR count). The van der Waals surface area contributed by atoms with Gasteiger partial charge in [-0.25, -0.2) is 0 Å². The molecule has 0 aromatic carbocycles. The Morgan fingerprint density at radius 1 is 1.55 bits per heavy atom. The second-order valence-electron chi connectivity index (χ2n) is 5.40. The van der Waals surface area contributed by atoms with Crippen LogP contribution in [0.25, 0.3) is 0 Å². The highest BCUT2D eigenvalue weighted by atomic mass is 16.5. The first-order valence-electron chi connectivity index (χ1n) is 6.96. The summed E-state index contributed by atoms with van der Waals surface area (Å²) in [5, 5.41) is 16.6. The Kier molecular flexibility index (Phi) is 7.25. The van der Waals surface area contributed by atoms with Crippen LogP contribution in [0.3, 0.4) is 0 Å². The molecule has 1 aromatic rings. The van der Waals surface area contributed by atoms with Gasteiger partial charge in [0, 0.05) is 32.0 Å². The van der Waals surface area contributed by atoms with E-state index in [-0.39, 0.29) is 5.92 Å². The number of carbonyl (C=O) groups is 1. The second-order valence-corrected chi connectivity index (χ2v) is 5.40. The van der Waals surface area contributed by atoms with Crippen LogP contribution in [0, 0.1) is 11.8 Å². The molecular weight excluding hydrogens is 258 g/mol. The maximum absolute atomic E-state index is 11.1. The number of hydrogen-bond acceptors (Lipinski definition) is 4. The van der Waals surface area contributed by atoms with Gasteiger partial charge in [-0.1, -0.05) is 13.8 Å². The molecule has 114 valence electrons. The predicted octanol–water partition coefficient (Wildman–Crippen LogP) is 1.37. The van der Waals surface area contributed by atoms with Crippen molar-refractivity contribution in [3.05, 3.63) is 18.0 Å². The van der Waals surface area contributed by atoms with Crippen LogP contribution in [0.5, 0.6) is 0 Å². The molecule has 6 heteroatoms. The molecule has 0 aliphatic carbocycles. The van der Waals surface area contributed by atoms with Crippen molar-refractivity contribution in [3.63, 3.8) is 0 Å². The number of aliphatic carboxylic acids is 1. The Labute approximate surface area is 120 Å². The molecular formula is C14H25N3O3. The number of nitrogens with zero attached hydrogens (tertiary/aromatic N) is 2. The lowest BCUT2D eigenvalue weighted by Gasteiger charge is -2.15. The largest absolute Gasteiger partial charge is 0.481 e. The highest BCUT2D eigenvalue weighted by molar-refractivity contribution is 5.70. The van der Waals surface area contributed by atoms with Crippen LogP contribution in [-0.4, -0.2) is 41.1 Å². The van der Waals surface area contributed by atoms with E-state index < -0.39 is 5.97 Å². The van der Waals surface area contributed by atoms with Gasteiger partial charge in [0.2, 0.25) is 0 Å². The molecule has 0 saturated heterocycles. The summed E-state index contributed by atoms with van der Waals surface area (Å²) in [7, 11) is 1.66. The maximum Gasteiger partial charge on any atom is 0.307 e. The molecule has 1 heterocycles. The van der Waals surface area contributed by atoms with Crippen LogP contribution in [0.15, 0.2) is 12.4 Å². The topological polar surface area (TPSA) is 76.4 Å². The summed E-state index contributed by atoms with van der Waals surface area (Å²) in [6, 6.07) is 0. The van der Waals surface area contributed by atoms with Gasteiger partial charge in [0.25, 0.3) is 0 Å². The molecule has 6 nitrogen and oxygen atoms in total. The summed E-state index contributed by atoms with van der Waals surface area (Å²) in [4.78, 5) is 11.1. The van der Waals surface area contributed by atoms with Crippen molar-refractivity contribution in [1.82, 2.24) is 15.1 Å². The quantitative estimate of drug-likeness (QED) is 0.678. The fraction of sp³-hybridized carbons (Fsp3) is 0.714. The first-order valence-corrected chi connectivity index (χ1v) is 6.96. The van der Waals surface area contributed by atoms with E-state index in [1.54, 1.807) is 13.3 Å². The minimum atomic E-state index is -0.734. The first kappa shape index (κ1) is 16.7. The van der Waals surface area contributed by atoms with E-state index >= 15 is 0 Å². The average molecular weight is 283 g/mol. The van der Waals surface area contributed by atoms with Gasteiger partial charge in [-0.3, -0.25) is 9.48 Å². The van der Waals surface area contributed by atoms with Crippen molar-refractivity contribution in [2.45, 2.75) is 33.4 Å². The van der Waals surface area contributed by atoms with Gasteiger partial charge in [0.05, 0.1) is 25.3 Å². The van der Waals surface area contributed by atoms with Crippen LogP contribution < -0.4 is 5.32 Å². The third-order valence-corrected chi connectivity index (χ3v) is 3.04. The van der Waals surface area contributed by atoms with E-state index in [4.69, 9.17) is 9.84 Å². The number of methoxy groups -OCH3 is 1. The highest BCUT2D eigenvalue weighted by Gasteiger charge is 2.18. The Morgan fingerprint density at radius 2 is 2.30 bits per heavy atom. The number of aromatic nitrogens is 2. The Hall–Kier alpha value is -1.40. The Bertz CT molecular complexity index is 404. The number of nitrogens with one attached hydrogen (secondary N) is 1. The minimum absolute atomic E-state index is 0.335. The molecule has 0 saturated carbocycles. The van der Waals surface area contributed by atoms with Gasteiger partial charge in [-0.05, 0) is 12.3 Å². The lowest BCUT2D eigenvalue weighted by atomic mass is 9.97. The van der Waals surface area contributed by atoms with E-state index in [0.717, 1.165) is 12.1 Å². The molecule has 0 fully saturated rings. The van der Waals surface area contributed by atoms with Crippen LogP contribution in [0.2, 0.25) is 0 Å². The molecule has 1 unspecified atom stereocenters. The Balaban J connectivity index is 2.34. The van der Waals surface area contributed by atoms with Gasteiger partial charge in [0.15, 0.2) is 0 Å². The van der Waals surface area contributed by atoms with E-state index in [2.05, 4.69) is 10.4 Å². The van der Waals surface area contributed by atoms with Crippen molar-refractivity contribution in [2.24, 2.45) is 11.8 Å². The van der Waals surface area contributed by atoms with Gasteiger partial charge in [0.1, 0.15) is 0 Å². The van der Waals surface area contributed by atoms with Crippen molar-refractivity contribution in [2.75, 3.05) is 20.3 Å². The van der Waals surface area contributed by atoms with Gasteiger partial charge >= 0.3 is 5.97 Å². The van der Waals surface area contributed by atoms with Crippen molar-refractivity contribution in [1.29, 1.82) is 0 Å². The highest BCUT2D eigenvalue weighted by Crippen LogP contribution is 2.11. The second kappa shape index (κ2) is 8.71. The molecule has 0 amide bonds. The summed E-state index contributed by atoms with van der Waals surface area (Å²) < 4.78 is 6.81. The number of carboxylic acids is 1. The third-order valence-electron chi connectivity index (χ3n) is 3.04. The molecule has 20 heavy (non-hydrogen) atoms. The SMILES string of the molecule is COCCn1cc(CNCC(CC(C)C)C(=O)O)cn1. The molecule has 0 spiro atoms. The number of rotatable bonds is 10. The fourth-order valence-electron chi connectivity index (χ4n) is 2.04. The number of hydrogen-bond donors (Lipinski definition) is 2. The molecule has 1 atom stereocenters. The summed E-state index contributed by atoms with van der Waals surface area (Å²) in [5.41, 5.74) is 1.05. The number of ether oxygens (including phenoxy) is 1. The van der Waals surface area contributed by atoms with Crippen molar-refractivity contribution < 1.29 is 14.6 Å². The van der Waals surface area contributed by atoms with Crippen LogP contribution in [-0.2, 0) is 22.6 Å². The van der Waals surface area contributed by atoms with E-state index in [0.29, 0.717) is 32.0 Å². The summed E-state index contributed by atoms with van der Waals surface area (Å²) in [5.74, 6) is -0.685. The summed E-state index contributed by atoms with van der Waals surface area (Å²) in [6.07, 6.45) is 4.43. The summed E-state index contributed by atoms with van der Waals surface area (Å²) in [6.45, 7) is 6.54. The van der Waals surface area contributed by atoms with Gasteiger partial charge in [-0.2, -0.15) is 5.10 Å². The van der Waals surface area contributed by atoms with Crippen LogP contribution in [0.1, 0.15) is 25.8 Å². The normalized spacial score (nSPS) is 12.8. The predicted molar refractivity (Wildman–Crippen MR) is 76.4 cm³/mol. The van der Waals surface area contributed by atoms with Gasteiger partial charge < -0.3 is 15.2 Å². The molecule has 0 aliphatic heterocycles. The zero-order valence-electron chi connectivity index (χ0n) is 12.5. The molecule has 0 bridgehead atoms. The van der Waals surface area contributed by atoms with Crippen LogP contribution >= 0.6 is 0 Å². The average Bonchev–Trinajstić information content (AvgIpc) is 2.82. The molecule has 2 N–H and O–H groups in total.